The summed E-state index contributed by atoms with van der Waals surface area (Å²) in [5.41, 5.74) is 2.57. The number of ether oxygens (including phenoxy) is 1. The molecule has 14 heavy (non-hydrogen) atoms. The van der Waals surface area contributed by atoms with E-state index in [0.717, 1.165) is 5.75 Å². The van der Waals surface area contributed by atoms with Crippen LogP contribution >= 0.6 is 0 Å². The largest absolute Gasteiger partial charge is 0.497 e. The van der Waals surface area contributed by atoms with Gasteiger partial charge in [0.05, 0.1) is 7.11 Å². The summed E-state index contributed by atoms with van der Waals surface area (Å²) in [4.78, 5) is 2.43. The maximum Gasteiger partial charge on any atom is 0.121 e. The fourth-order valence-corrected chi connectivity index (χ4v) is 2.00. The molecule has 0 N–H and O–H groups in total. The molecule has 1 fully saturated rings. The number of rotatable bonds is 2. The molecule has 2 nitrogen and oxygen atoms in total. The van der Waals surface area contributed by atoms with E-state index in [1.54, 1.807) is 7.11 Å². The standard InChI is InChI=1S/C12H17NO/c1-10-7-11(9-12(8-10)14-2)13-5-3-4-6-13/h7-9H,3-6H2,1-2H3. The van der Waals surface area contributed by atoms with Crippen LogP contribution in [-0.2, 0) is 0 Å². The van der Waals surface area contributed by atoms with E-state index in [-0.39, 0.29) is 0 Å². The van der Waals surface area contributed by atoms with Crippen LogP contribution in [0, 0.1) is 6.92 Å². The van der Waals surface area contributed by atoms with Gasteiger partial charge in [0.2, 0.25) is 0 Å². The highest BCUT2D eigenvalue weighted by Crippen LogP contribution is 2.26. The molecule has 0 unspecified atom stereocenters. The molecule has 1 aromatic rings. The first-order chi connectivity index (χ1) is 6.79. The van der Waals surface area contributed by atoms with Crippen molar-refractivity contribution >= 4 is 5.69 Å². The van der Waals surface area contributed by atoms with Crippen LogP contribution in [0.1, 0.15) is 18.4 Å². The zero-order valence-electron chi connectivity index (χ0n) is 8.92. The van der Waals surface area contributed by atoms with Crippen LogP contribution in [0.15, 0.2) is 18.2 Å². The van der Waals surface area contributed by atoms with E-state index in [4.69, 9.17) is 4.74 Å². The van der Waals surface area contributed by atoms with Gasteiger partial charge in [-0.3, -0.25) is 0 Å². The molecule has 0 amide bonds. The fourth-order valence-electron chi connectivity index (χ4n) is 2.00. The van der Waals surface area contributed by atoms with Gasteiger partial charge in [-0.15, -0.1) is 0 Å². The Labute approximate surface area is 85.5 Å². The summed E-state index contributed by atoms with van der Waals surface area (Å²) in [6.45, 7) is 4.49. The smallest absolute Gasteiger partial charge is 0.121 e. The van der Waals surface area contributed by atoms with Gasteiger partial charge < -0.3 is 9.64 Å². The van der Waals surface area contributed by atoms with Crippen molar-refractivity contribution < 1.29 is 4.74 Å². The molecule has 0 atom stereocenters. The van der Waals surface area contributed by atoms with Crippen molar-refractivity contribution in [3.63, 3.8) is 0 Å². The van der Waals surface area contributed by atoms with E-state index in [0.29, 0.717) is 0 Å². The molecular formula is C12H17NO. The zero-order valence-corrected chi connectivity index (χ0v) is 8.92. The van der Waals surface area contributed by atoms with Crippen LogP contribution in [0.2, 0.25) is 0 Å². The molecule has 2 heteroatoms. The molecule has 0 radical (unpaired) electrons. The van der Waals surface area contributed by atoms with Crippen molar-refractivity contribution in [2.24, 2.45) is 0 Å². The maximum atomic E-state index is 5.27. The monoisotopic (exact) mass is 191 g/mol. The lowest BCUT2D eigenvalue weighted by molar-refractivity contribution is 0.414. The molecule has 1 aliphatic rings. The van der Waals surface area contributed by atoms with Crippen molar-refractivity contribution in [1.29, 1.82) is 0 Å². The topological polar surface area (TPSA) is 12.5 Å². The molecule has 0 aromatic heterocycles. The molecule has 76 valence electrons. The summed E-state index contributed by atoms with van der Waals surface area (Å²) in [6, 6.07) is 6.42. The number of methoxy groups -OCH3 is 1. The second-order valence-electron chi connectivity index (χ2n) is 3.90. The normalized spacial score (nSPS) is 16.0. The molecule has 0 aliphatic carbocycles. The predicted octanol–water partition coefficient (Wildman–Crippen LogP) is 2.60. The Bertz CT molecular complexity index is 316. The first-order valence-electron chi connectivity index (χ1n) is 5.20. The zero-order chi connectivity index (χ0) is 9.97. The van der Waals surface area contributed by atoms with Crippen molar-refractivity contribution in [3.8, 4) is 5.75 Å². The van der Waals surface area contributed by atoms with Gasteiger partial charge in [-0.25, -0.2) is 0 Å². The Balaban J connectivity index is 2.27. The van der Waals surface area contributed by atoms with Gasteiger partial charge in [0.1, 0.15) is 5.75 Å². The SMILES string of the molecule is COc1cc(C)cc(N2CCCC2)c1. The lowest BCUT2D eigenvalue weighted by Gasteiger charge is -2.18. The van der Waals surface area contributed by atoms with Gasteiger partial charge in [-0.1, -0.05) is 0 Å². The highest BCUT2D eigenvalue weighted by molar-refractivity contribution is 5.53. The van der Waals surface area contributed by atoms with Crippen LogP contribution in [0.4, 0.5) is 5.69 Å². The third kappa shape index (κ3) is 1.84. The Hall–Kier alpha value is -1.18. The number of benzene rings is 1. The van der Waals surface area contributed by atoms with Crippen LogP contribution in [-0.4, -0.2) is 20.2 Å². The minimum Gasteiger partial charge on any atom is -0.497 e. The number of anilines is 1. The first-order valence-corrected chi connectivity index (χ1v) is 5.20. The Kier molecular flexibility index (Phi) is 2.62. The molecule has 2 rings (SSSR count). The van der Waals surface area contributed by atoms with Gasteiger partial charge in [0.25, 0.3) is 0 Å². The second kappa shape index (κ2) is 3.91. The van der Waals surface area contributed by atoms with Gasteiger partial charge in [-0.05, 0) is 37.5 Å². The van der Waals surface area contributed by atoms with Crippen LogP contribution in [0.5, 0.6) is 5.75 Å². The fraction of sp³-hybridized carbons (Fsp3) is 0.500. The molecule has 0 spiro atoms. The Morgan fingerprint density at radius 1 is 1.14 bits per heavy atom. The molecular weight excluding hydrogens is 174 g/mol. The highest BCUT2D eigenvalue weighted by atomic mass is 16.5. The summed E-state index contributed by atoms with van der Waals surface area (Å²) in [7, 11) is 1.72. The van der Waals surface area contributed by atoms with Crippen LogP contribution in [0.25, 0.3) is 0 Å². The maximum absolute atomic E-state index is 5.27. The summed E-state index contributed by atoms with van der Waals surface area (Å²) in [5, 5.41) is 0. The number of hydrogen-bond donors (Lipinski definition) is 0. The van der Waals surface area contributed by atoms with E-state index in [2.05, 4.69) is 30.0 Å². The molecule has 1 saturated heterocycles. The number of aryl methyl sites for hydroxylation is 1. The lowest BCUT2D eigenvalue weighted by Crippen LogP contribution is -2.17. The minimum absolute atomic E-state index is 0.965. The van der Waals surface area contributed by atoms with Crippen molar-refractivity contribution in [1.82, 2.24) is 0 Å². The lowest BCUT2D eigenvalue weighted by atomic mass is 10.2. The average Bonchev–Trinajstić information content (AvgIpc) is 2.69. The molecule has 0 saturated carbocycles. The van der Waals surface area contributed by atoms with E-state index >= 15 is 0 Å². The van der Waals surface area contributed by atoms with E-state index in [1.807, 2.05) is 0 Å². The molecule has 1 heterocycles. The third-order valence-corrected chi connectivity index (χ3v) is 2.74. The second-order valence-corrected chi connectivity index (χ2v) is 3.90. The minimum atomic E-state index is 0.965. The third-order valence-electron chi connectivity index (χ3n) is 2.74. The van der Waals surface area contributed by atoms with Crippen LogP contribution < -0.4 is 9.64 Å². The summed E-state index contributed by atoms with van der Waals surface area (Å²) >= 11 is 0. The predicted molar refractivity (Wildman–Crippen MR) is 59.2 cm³/mol. The quantitative estimate of drug-likeness (QED) is 0.712. The van der Waals surface area contributed by atoms with Crippen molar-refractivity contribution in [2.45, 2.75) is 19.8 Å². The van der Waals surface area contributed by atoms with E-state index in [1.165, 1.54) is 37.2 Å². The summed E-state index contributed by atoms with van der Waals surface area (Å²) in [5.74, 6) is 0.965. The summed E-state index contributed by atoms with van der Waals surface area (Å²) in [6.07, 6.45) is 2.63. The molecule has 1 aliphatic heterocycles. The number of nitrogens with zero attached hydrogens (tertiary/aromatic N) is 1. The molecule has 1 aromatic carbocycles. The van der Waals surface area contributed by atoms with Crippen molar-refractivity contribution in [3.05, 3.63) is 23.8 Å². The highest BCUT2D eigenvalue weighted by Gasteiger charge is 2.12. The Morgan fingerprint density at radius 3 is 2.50 bits per heavy atom. The van der Waals surface area contributed by atoms with E-state index < -0.39 is 0 Å². The first kappa shape index (κ1) is 9.38. The molecule has 0 bridgehead atoms. The average molecular weight is 191 g/mol. The van der Waals surface area contributed by atoms with Crippen molar-refractivity contribution in [2.75, 3.05) is 25.1 Å². The number of hydrogen-bond acceptors (Lipinski definition) is 2. The van der Waals surface area contributed by atoms with Gasteiger partial charge in [0, 0.05) is 24.8 Å². The summed E-state index contributed by atoms with van der Waals surface area (Å²) < 4.78 is 5.27. The van der Waals surface area contributed by atoms with Gasteiger partial charge >= 0.3 is 0 Å². The van der Waals surface area contributed by atoms with E-state index in [9.17, 15) is 0 Å². The van der Waals surface area contributed by atoms with Crippen LogP contribution in [0.3, 0.4) is 0 Å². The van der Waals surface area contributed by atoms with Gasteiger partial charge in [0.15, 0.2) is 0 Å². The van der Waals surface area contributed by atoms with Gasteiger partial charge in [-0.2, -0.15) is 0 Å². The Morgan fingerprint density at radius 2 is 1.86 bits per heavy atom.